The second kappa shape index (κ2) is 4.49. The summed E-state index contributed by atoms with van der Waals surface area (Å²) in [7, 11) is 0. The van der Waals surface area contributed by atoms with Crippen LogP contribution in [-0.4, -0.2) is 22.6 Å². The van der Waals surface area contributed by atoms with E-state index in [1.165, 1.54) is 6.20 Å². The molecule has 5 heteroatoms. The minimum Gasteiger partial charge on any atom is -0.480 e. The van der Waals surface area contributed by atoms with Crippen LogP contribution >= 0.6 is 0 Å². The van der Waals surface area contributed by atoms with E-state index < -0.39 is 5.97 Å². The fraction of sp³-hybridized carbons (Fsp3) is 0.0833. The second-order valence-corrected chi connectivity index (χ2v) is 3.42. The Hall–Kier alpha value is -2.61. The van der Waals surface area contributed by atoms with Gasteiger partial charge in [0.05, 0.1) is 16.8 Å². The molecule has 0 aliphatic carbocycles. The fourth-order valence-corrected chi connectivity index (χ4v) is 1.58. The molecule has 0 unspecified atom stereocenters. The van der Waals surface area contributed by atoms with Crippen molar-refractivity contribution in [2.75, 3.05) is 11.9 Å². The number of carboxylic acid groups (broad SMARTS) is 1. The number of fused-ring (bicyclic) bond motifs is 1. The Morgan fingerprint density at radius 3 is 2.94 bits per heavy atom. The van der Waals surface area contributed by atoms with Gasteiger partial charge in [-0.15, -0.1) is 0 Å². The standard InChI is InChI=1S/C12H9N3O2/c13-5-8-6-14-10-4-2-1-3-9(10)12(8)15-7-11(16)17/h1-4,6H,7H2,(H,14,15)(H,16,17). The van der Waals surface area contributed by atoms with Gasteiger partial charge in [0.15, 0.2) is 0 Å². The number of nitrogens with one attached hydrogen (secondary N) is 1. The van der Waals surface area contributed by atoms with Crippen LogP contribution < -0.4 is 5.32 Å². The van der Waals surface area contributed by atoms with Gasteiger partial charge in [-0.05, 0) is 6.07 Å². The van der Waals surface area contributed by atoms with Gasteiger partial charge in [0.1, 0.15) is 12.6 Å². The number of rotatable bonds is 3. The van der Waals surface area contributed by atoms with Crippen molar-refractivity contribution >= 4 is 22.6 Å². The molecule has 0 saturated carbocycles. The van der Waals surface area contributed by atoms with Crippen molar-refractivity contribution in [2.24, 2.45) is 0 Å². The molecule has 0 atom stereocenters. The molecule has 2 aromatic rings. The Bertz CT molecular complexity index is 617. The quantitative estimate of drug-likeness (QED) is 0.831. The number of nitriles is 1. The summed E-state index contributed by atoms with van der Waals surface area (Å²) >= 11 is 0. The van der Waals surface area contributed by atoms with Crippen LogP contribution in [0.25, 0.3) is 10.9 Å². The lowest BCUT2D eigenvalue weighted by Gasteiger charge is -2.09. The average Bonchev–Trinajstić information content (AvgIpc) is 2.35. The summed E-state index contributed by atoms with van der Waals surface area (Å²) in [6, 6.07) is 9.25. The SMILES string of the molecule is N#Cc1cnc2ccccc2c1NCC(=O)O. The first-order valence-electron chi connectivity index (χ1n) is 4.96. The molecular weight excluding hydrogens is 218 g/mol. The molecule has 0 spiro atoms. The number of carbonyl (C=O) groups is 1. The molecule has 1 aromatic carbocycles. The summed E-state index contributed by atoms with van der Waals surface area (Å²) in [5.41, 5.74) is 1.57. The highest BCUT2D eigenvalue weighted by Crippen LogP contribution is 2.24. The van der Waals surface area contributed by atoms with Gasteiger partial charge < -0.3 is 10.4 Å². The first-order chi connectivity index (χ1) is 8.22. The van der Waals surface area contributed by atoms with Crippen LogP contribution in [-0.2, 0) is 4.79 Å². The van der Waals surface area contributed by atoms with Gasteiger partial charge in [-0.25, -0.2) is 0 Å². The molecule has 84 valence electrons. The minimum absolute atomic E-state index is 0.233. The molecule has 1 aromatic heterocycles. The van der Waals surface area contributed by atoms with Gasteiger partial charge in [0, 0.05) is 11.6 Å². The third-order valence-electron chi connectivity index (χ3n) is 2.31. The molecule has 0 fully saturated rings. The molecule has 0 aliphatic heterocycles. The molecule has 0 aliphatic rings. The van der Waals surface area contributed by atoms with E-state index in [0.29, 0.717) is 11.3 Å². The topological polar surface area (TPSA) is 86.0 Å². The van der Waals surface area contributed by atoms with Crippen LogP contribution in [0.15, 0.2) is 30.5 Å². The predicted molar refractivity (Wildman–Crippen MR) is 62.6 cm³/mol. The third-order valence-corrected chi connectivity index (χ3v) is 2.31. The number of hydrogen-bond donors (Lipinski definition) is 2. The van der Waals surface area contributed by atoms with Gasteiger partial charge >= 0.3 is 5.97 Å². The van der Waals surface area contributed by atoms with Crippen LogP contribution in [0.1, 0.15) is 5.56 Å². The molecule has 17 heavy (non-hydrogen) atoms. The maximum atomic E-state index is 10.5. The van der Waals surface area contributed by atoms with Crippen molar-refractivity contribution < 1.29 is 9.90 Å². The van der Waals surface area contributed by atoms with Crippen LogP contribution in [0.3, 0.4) is 0 Å². The first kappa shape index (κ1) is 10.9. The van der Waals surface area contributed by atoms with Crippen molar-refractivity contribution in [1.82, 2.24) is 4.98 Å². The Morgan fingerprint density at radius 2 is 2.24 bits per heavy atom. The van der Waals surface area contributed by atoms with Crippen LogP contribution in [0, 0.1) is 11.3 Å². The van der Waals surface area contributed by atoms with Crippen LogP contribution in [0.5, 0.6) is 0 Å². The maximum Gasteiger partial charge on any atom is 0.322 e. The monoisotopic (exact) mass is 227 g/mol. The number of para-hydroxylation sites is 1. The largest absolute Gasteiger partial charge is 0.480 e. The average molecular weight is 227 g/mol. The second-order valence-electron chi connectivity index (χ2n) is 3.42. The number of aliphatic carboxylic acids is 1. The van der Waals surface area contributed by atoms with Gasteiger partial charge in [-0.2, -0.15) is 5.26 Å². The van der Waals surface area contributed by atoms with Crippen molar-refractivity contribution in [3.63, 3.8) is 0 Å². The number of pyridine rings is 1. The van der Waals surface area contributed by atoms with Crippen molar-refractivity contribution in [3.05, 3.63) is 36.0 Å². The summed E-state index contributed by atoms with van der Waals surface area (Å²) in [6.45, 7) is -0.233. The molecular formula is C12H9N3O2. The lowest BCUT2D eigenvalue weighted by molar-refractivity contribution is -0.134. The number of benzene rings is 1. The summed E-state index contributed by atoms with van der Waals surface area (Å²) < 4.78 is 0. The van der Waals surface area contributed by atoms with Crippen LogP contribution in [0.4, 0.5) is 5.69 Å². The lowest BCUT2D eigenvalue weighted by Crippen LogP contribution is -2.13. The highest BCUT2D eigenvalue weighted by atomic mass is 16.4. The van der Waals surface area contributed by atoms with E-state index in [2.05, 4.69) is 10.3 Å². The Kier molecular flexibility index (Phi) is 2.88. The molecule has 0 amide bonds. The minimum atomic E-state index is -0.977. The summed E-state index contributed by atoms with van der Waals surface area (Å²) in [5.74, 6) is -0.977. The summed E-state index contributed by atoms with van der Waals surface area (Å²) in [5, 5.41) is 21.1. The smallest absolute Gasteiger partial charge is 0.322 e. The Labute approximate surface area is 97.3 Å². The van der Waals surface area contributed by atoms with Gasteiger partial charge in [0.2, 0.25) is 0 Å². The number of hydrogen-bond acceptors (Lipinski definition) is 4. The molecule has 0 radical (unpaired) electrons. The zero-order valence-corrected chi connectivity index (χ0v) is 8.84. The number of aromatic nitrogens is 1. The molecule has 2 N–H and O–H groups in total. The van der Waals surface area contributed by atoms with E-state index in [1.54, 1.807) is 6.07 Å². The molecule has 2 rings (SSSR count). The summed E-state index contributed by atoms with van der Waals surface area (Å²) in [4.78, 5) is 14.7. The highest BCUT2D eigenvalue weighted by Gasteiger charge is 2.08. The zero-order valence-electron chi connectivity index (χ0n) is 8.84. The van der Waals surface area contributed by atoms with E-state index in [4.69, 9.17) is 10.4 Å². The van der Waals surface area contributed by atoms with E-state index in [1.807, 2.05) is 24.3 Å². The molecule has 0 bridgehead atoms. The van der Waals surface area contributed by atoms with Gasteiger partial charge in [-0.1, -0.05) is 18.2 Å². The van der Waals surface area contributed by atoms with Crippen molar-refractivity contribution in [2.45, 2.75) is 0 Å². The van der Waals surface area contributed by atoms with Crippen molar-refractivity contribution in [1.29, 1.82) is 5.26 Å². The Morgan fingerprint density at radius 1 is 1.47 bits per heavy atom. The van der Waals surface area contributed by atoms with E-state index in [-0.39, 0.29) is 6.54 Å². The zero-order chi connectivity index (χ0) is 12.3. The van der Waals surface area contributed by atoms with E-state index >= 15 is 0 Å². The number of nitrogens with zero attached hydrogens (tertiary/aromatic N) is 2. The van der Waals surface area contributed by atoms with Crippen molar-refractivity contribution in [3.8, 4) is 6.07 Å². The Balaban J connectivity index is 2.55. The third kappa shape index (κ3) is 2.16. The van der Waals surface area contributed by atoms with E-state index in [9.17, 15) is 4.79 Å². The fourth-order valence-electron chi connectivity index (χ4n) is 1.58. The summed E-state index contributed by atoms with van der Waals surface area (Å²) in [6.07, 6.45) is 1.44. The molecule has 1 heterocycles. The van der Waals surface area contributed by atoms with Crippen LogP contribution in [0.2, 0.25) is 0 Å². The molecule has 0 saturated heterocycles. The number of anilines is 1. The van der Waals surface area contributed by atoms with E-state index in [0.717, 1.165) is 10.9 Å². The normalized spacial score (nSPS) is 9.82. The first-order valence-corrected chi connectivity index (χ1v) is 4.96. The predicted octanol–water partition coefficient (Wildman–Crippen LogP) is 1.60. The maximum absolute atomic E-state index is 10.5. The van der Waals surface area contributed by atoms with Gasteiger partial charge in [-0.3, -0.25) is 9.78 Å². The highest BCUT2D eigenvalue weighted by molar-refractivity contribution is 5.94. The van der Waals surface area contributed by atoms with Gasteiger partial charge in [0.25, 0.3) is 0 Å². The molecule has 5 nitrogen and oxygen atoms in total. The lowest BCUT2D eigenvalue weighted by atomic mass is 10.1. The number of carboxylic acids is 1.